The first kappa shape index (κ1) is 11.9. The van der Waals surface area contributed by atoms with Gasteiger partial charge in [0.15, 0.2) is 5.78 Å². The molecule has 0 unspecified atom stereocenters. The van der Waals surface area contributed by atoms with Crippen molar-refractivity contribution in [1.29, 1.82) is 0 Å². The predicted octanol–water partition coefficient (Wildman–Crippen LogP) is 4.21. The van der Waals surface area contributed by atoms with Gasteiger partial charge in [-0.1, -0.05) is 17.7 Å². The normalized spacial score (nSPS) is 10.6. The van der Waals surface area contributed by atoms with Crippen molar-refractivity contribution >= 4 is 34.4 Å². The molecule has 0 fully saturated rings. The highest BCUT2D eigenvalue weighted by molar-refractivity contribution is 7.12. The van der Waals surface area contributed by atoms with Crippen LogP contribution < -0.4 is 5.32 Å². The molecule has 1 N–H and O–H groups in total. The predicted molar refractivity (Wildman–Crippen MR) is 72.9 cm³/mol. The van der Waals surface area contributed by atoms with Crippen LogP contribution in [0.25, 0.3) is 0 Å². The molecule has 4 heteroatoms. The smallest absolute Gasteiger partial charge is 0.197 e. The second kappa shape index (κ2) is 5.66. The Morgan fingerprint density at radius 1 is 1.24 bits per heavy atom. The molecule has 0 atom stereocenters. The van der Waals surface area contributed by atoms with Gasteiger partial charge in [0.2, 0.25) is 0 Å². The van der Waals surface area contributed by atoms with E-state index in [2.05, 4.69) is 5.32 Å². The lowest BCUT2D eigenvalue weighted by atomic mass is 10.3. The van der Waals surface area contributed by atoms with Crippen molar-refractivity contribution in [3.63, 3.8) is 0 Å². The number of carbonyl (C=O) groups is 1. The maximum atomic E-state index is 11.6. The molecule has 2 rings (SSSR count). The van der Waals surface area contributed by atoms with Crippen LogP contribution in [0.1, 0.15) is 9.67 Å². The van der Waals surface area contributed by atoms with Gasteiger partial charge < -0.3 is 5.32 Å². The fourth-order valence-corrected chi connectivity index (χ4v) is 2.03. The minimum absolute atomic E-state index is 0.00136. The summed E-state index contributed by atoms with van der Waals surface area (Å²) in [4.78, 5) is 12.3. The van der Waals surface area contributed by atoms with Crippen molar-refractivity contribution in [3.05, 3.63) is 64.0 Å². The lowest BCUT2D eigenvalue weighted by molar-refractivity contribution is 0.105. The van der Waals surface area contributed by atoms with Crippen molar-refractivity contribution in [2.45, 2.75) is 0 Å². The number of ketones is 1. The van der Waals surface area contributed by atoms with Gasteiger partial charge in [0.25, 0.3) is 0 Å². The molecule has 0 aliphatic heterocycles. The minimum Gasteiger partial charge on any atom is -0.362 e. The zero-order valence-electron chi connectivity index (χ0n) is 8.89. The Labute approximate surface area is 109 Å². The zero-order chi connectivity index (χ0) is 12.1. The molecular formula is C13H10ClNOS. The molecule has 0 saturated heterocycles. The van der Waals surface area contributed by atoms with Gasteiger partial charge >= 0.3 is 0 Å². The maximum Gasteiger partial charge on any atom is 0.197 e. The fourth-order valence-electron chi connectivity index (χ4n) is 1.26. The molecule has 0 bridgehead atoms. The van der Waals surface area contributed by atoms with Crippen molar-refractivity contribution in [2.75, 3.05) is 5.32 Å². The van der Waals surface area contributed by atoms with E-state index >= 15 is 0 Å². The minimum atomic E-state index is 0.00136. The molecule has 2 aromatic rings. The Morgan fingerprint density at radius 2 is 2.00 bits per heavy atom. The van der Waals surface area contributed by atoms with Crippen molar-refractivity contribution in [2.24, 2.45) is 0 Å². The molecule has 1 aromatic carbocycles. The molecule has 0 saturated carbocycles. The van der Waals surface area contributed by atoms with Crippen LogP contribution >= 0.6 is 22.9 Å². The lowest BCUT2D eigenvalue weighted by Gasteiger charge is -1.99. The third kappa shape index (κ3) is 3.44. The van der Waals surface area contributed by atoms with Gasteiger partial charge in [0.05, 0.1) is 4.88 Å². The summed E-state index contributed by atoms with van der Waals surface area (Å²) in [6, 6.07) is 10.9. The van der Waals surface area contributed by atoms with Crippen LogP contribution in [-0.4, -0.2) is 5.78 Å². The maximum absolute atomic E-state index is 11.6. The average molecular weight is 264 g/mol. The van der Waals surface area contributed by atoms with E-state index in [1.54, 1.807) is 24.4 Å². The summed E-state index contributed by atoms with van der Waals surface area (Å²) >= 11 is 7.20. The molecule has 0 aliphatic carbocycles. The van der Waals surface area contributed by atoms with Gasteiger partial charge in [-0.15, -0.1) is 11.3 Å². The van der Waals surface area contributed by atoms with Crippen LogP contribution in [0.15, 0.2) is 54.1 Å². The molecule has 17 heavy (non-hydrogen) atoms. The zero-order valence-corrected chi connectivity index (χ0v) is 10.5. The highest BCUT2D eigenvalue weighted by Crippen LogP contribution is 2.13. The summed E-state index contributed by atoms with van der Waals surface area (Å²) in [5, 5.41) is 5.58. The Balaban J connectivity index is 1.94. The summed E-state index contributed by atoms with van der Waals surface area (Å²) < 4.78 is 0. The van der Waals surface area contributed by atoms with Crippen LogP contribution in [0.4, 0.5) is 5.69 Å². The van der Waals surface area contributed by atoms with Crippen LogP contribution in [0.2, 0.25) is 5.02 Å². The number of carbonyl (C=O) groups excluding carboxylic acids is 1. The summed E-state index contributed by atoms with van der Waals surface area (Å²) in [5.41, 5.74) is 0.893. The van der Waals surface area contributed by atoms with Gasteiger partial charge in [-0.3, -0.25) is 4.79 Å². The number of allylic oxidation sites excluding steroid dienone is 1. The number of anilines is 1. The largest absolute Gasteiger partial charge is 0.362 e. The van der Waals surface area contributed by atoms with Gasteiger partial charge in [-0.05, 0) is 35.7 Å². The van der Waals surface area contributed by atoms with E-state index in [-0.39, 0.29) is 5.78 Å². The molecule has 0 spiro atoms. The van der Waals surface area contributed by atoms with E-state index in [1.807, 2.05) is 23.6 Å². The summed E-state index contributed by atoms with van der Waals surface area (Å²) in [7, 11) is 0. The Kier molecular flexibility index (Phi) is 3.96. The van der Waals surface area contributed by atoms with Gasteiger partial charge in [0, 0.05) is 23.0 Å². The summed E-state index contributed by atoms with van der Waals surface area (Å²) in [5.74, 6) is 0.00136. The molecular weight excluding hydrogens is 254 g/mol. The van der Waals surface area contributed by atoms with Gasteiger partial charge in [0.1, 0.15) is 0 Å². The van der Waals surface area contributed by atoms with E-state index < -0.39 is 0 Å². The van der Waals surface area contributed by atoms with E-state index in [1.165, 1.54) is 17.4 Å². The van der Waals surface area contributed by atoms with Crippen LogP contribution in [0, 0.1) is 0 Å². The summed E-state index contributed by atoms with van der Waals surface area (Å²) in [6.07, 6.45) is 3.14. The molecule has 1 heterocycles. The average Bonchev–Trinajstić information content (AvgIpc) is 2.85. The van der Waals surface area contributed by atoms with Crippen LogP contribution in [-0.2, 0) is 0 Å². The molecule has 2 nitrogen and oxygen atoms in total. The first-order chi connectivity index (χ1) is 8.25. The van der Waals surface area contributed by atoms with Crippen molar-refractivity contribution < 1.29 is 4.79 Å². The Morgan fingerprint density at radius 3 is 2.65 bits per heavy atom. The third-order valence-corrected chi connectivity index (χ3v) is 3.23. The highest BCUT2D eigenvalue weighted by Gasteiger charge is 2.00. The number of hydrogen-bond donors (Lipinski definition) is 1. The number of hydrogen-bond acceptors (Lipinski definition) is 3. The first-order valence-electron chi connectivity index (χ1n) is 5.02. The molecule has 1 aromatic heterocycles. The second-order valence-electron chi connectivity index (χ2n) is 3.33. The van der Waals surface area contributed by atoms with E-state index in [0.717, 1.165) is 10.6 Å². The van der Waals surface area contributed by atoms with E-state index in [4.69, 9.17) is 11.6 Å². The first-order valence-corrected chi connectivity index (χ1v) is 6.28. The molecule has 86 valence electrons. The fraction of sp³-hybridized carbons (Fsp3) is 0. The number of thiophene rings is 1. The molecule has 0 amide bonds. The van der Waals surface area contributed by atoms with Gasteiger partial charge in [-0.25, -0.2) is 0 Å². The van der Waals surface area contributed by atoms with E-state index in [0.29, 0.717) is 5.02 Å². The highest BCUT2D eigenvalue weighted by atomic mass is 35.5. The number of rotatable bonds is 4. The Hall–Kier alpha value is -1.58. The lowest BCUT2D eigenvalue weighted by Crippen LogP contribution is -1.93. The monoisotopic (exact) mass is 263 g/mol. The van der Waals surface area contributed by atoms with Crippen LogP contribution in [0.3, 0.4) is 0 Å². The van der Waals surface area contributed by atoms with Crippen molar-refractivity contribution in [3.8, 4) is 0 Å². The third-order valence-electron chi connectivity index (χ3n) is 2.09. The summed E-state index contributed by atoms with van der Waals surface area (Å²) in [6.45, 7) is 0. The quantitative estimate of drug-likeness (QED) is 0.661. The van der Waals surface area contributed by atoms with Gasteiger partial charge in [-0.2, -0.15) is 0 Å². The number of benzene rings is 1. The molecule has 0 aliphatic rings. The Bertz CT molecular complexity index is 517. The number of nitrogens with one attached hydrogen (secondary N) is 1. The van der Waals surface area contributed by atoms with Crippen LogP contribution in [0.5, 0.6) is 0 Å². The second-order valence-corrected chi connectivity index (χ2v) is 4.71. The molecule has 0 radical (unpaired) electrons. The van der Waals surface area contributed by atoms with Crippen molar-refractivity contribution in [1.82, 2.24) is 0 Å². The standard InChI is InChI=1S/C13H10ClNOS/c14-10-3-5-11(6-4-10)15-8-7-12(16)13-2-1-9-17-13/h1-9,15H. The SMILES string of the molecule is O=C(C=CNc1ccc(Cl)cc1)c1cccs1. The topological polar surface area (TPSA) is 29.1 Å². The number of halogens is 1. The van der Waals surface area contributed by atoms with E-state index in [9.17, 15) is 4.79 Å².